The summed E-state index contributed by atoms with van der Waals surface area (Å²) in [5.41, 5.74) is 6.08. The fourth-order valence-corrected chi connectivity index (χ4v) is 4.51. The van der Waals surface area contributed by atoms with Gasteiger partial charge in [0, 0.05) is 6.54 Å². The Morgan fingerprint density at radius 2 is 2.10 bits per heavy atom. The van der Waals surface area contributed by atoms with Crippen LogP contribution in [0.4, 0.5) is 10.7 Å². The summed E-state index contributed by atoms with van der Waals surface area (Å²) in [6, 6.07) is 0. The van der Waals surface area contributed by atoms with Crippen molar-refractivity contribution in [1.29, 1.82) is 0 Å². The predicted octanol–water partition coefficient (Wildman–Crippen LogP) is 2.12. The molecule has 0 spiro atoms. The van der Waals surface area contributed by atoms with Gasteiger partial charge in [0.1, 0.15) is 14.8 Å². The summed E-state index contributed by atoms with van der Waals surface area (Å²) in [5, 5.41) is 3.58. The van der Waals surface area contributed by atoms with Crippen molar-refractivity contribution in [3.8, 4) is 0 Å². The van der Waals surface area contributed by atoms with E-state index in [0.717, 1.165) is 24.2 Å². The van der Waals surface area contributed by atoms with Crippen LogP contribution in [0.5, 0.6) is 0 Å². The third-order valence-corrected chi connectivity index (χ3v) is 6.82. The highest BCUT2D eigenvalue weighted by Crippen LogP contribution is 2.46. The van der Waals surface area contributed by atoms with Gasteiger partial charge in [-0.05, 0) is 18.3 Å². The minimum atomic E-state index is -3.51. The number of thiophene rings is 1. The molecule has 0 atom stereocenters. The smallest absolute Gasteiger partial charge is 0.350 e. The second kappa shape index (κ2) is 5.49. The molecule has 0 bridgehead atoms. The van der Waals surface area contributed by atoms with Crippen LogP contribution in [0.2, 0.25) is 0 Å². The largest absolute Gasteiger partial charge is 0.465 e. The molecule has 0 aromatic carbocycles. The van der Waals surface area contributed by atoms with Crippen LogP contribution >= 0.6 is 11.3 Å². The fourth-order valence-electron chi connectivity index (χ4n) is 1.93. The quantitative estimate of drug-likeness (QED) is 0.774. The summed E-state index contributed by atoms with van der Waals surface area (Å²) in [4.78, 5) is 11.9. The van der Waals surface area contributed by atoms with E-state index in [0.29, 0.717) is 11.5 Å². The van der Waals surface area contributed by atoms with Gasteiger partial charge in [-0.2, -0.15) is 0 Å². The molecule has 118 valence electrons. The highest BCUT2D eigenvalue weighted by molar-refractivity contribution is 7.91. The number of nitrogens with one attached hydrogen (secondary N) is 1. The molecule has 1 aromatic heterocycles. The van der Waals surface area contributed by atoms with Crippen LogP contribution < -0.4 is 11.1 Å². The minimum Gasteiger partial charge on any atom is -0.465 e. The van der Waals surface area contributed by atoms with Crippen LogP contribution in [-0.2, 0) is 14.6 Å². The van der Waals surface area contributed by atoms with Crippen LogP contribution in [-0.4, -0.2) is 33.8 Å². The number of nitrogen functional groups attached to an aromatic ring is 1. The van der Waals surface area contributed by atoms with E-state index in [4.69, 9.17) is 5.73 Å². The molecule has 0 radical (unpaired) electrons. The number of sulfone groups is 1. The summed E-state index contributed by atoms with van der Waals surface area (Å²) in [7, 11) is -2.27. The first-order valence-corrected chi connectivity index (χ1v) is 9.18. The van der Waals surface area contributed by atoms with Crippen molar-refractivity contribution in [2.75, 3.05) is 30.5 Å². The maximum absolute atomic E-state index is 12.2. The monoisotopic (exact) mass is 332 g/mol. The van der Waals surface area contributed by atoms with Crippen LogP contribution in [0.3, 0.4) is 0 Å². The molecule has 1 aliphatic rings. The SMILES string of the molecule is CCS(=O)(=O)c1c(NCC2(C)CC2)sc(C(=O)OC)c1N. The maximum Gasteiger partial charge on any atom is 0.350 e. The number of rotatable bonds is 6. The number of anilines is 2. The Labute approximate surface area is 128 Å². The fraction of sp³-hybridized carbons (Fsp3) is 0.615. The Balaban J connectivity index is 2.43. The number of hydrogen-bond donors (Lipinski definition) is 2. The normalized spacial score (nSPS) is 16.5. The van der Waals surface area contributed by atoms with Crippen molar-refractivity contribution < 1.29 is 17.9 Å². The first kappa shape index (κ1) is 16.1. The first-order chi connectivity index (χ1) is 9.74. The zero-order valence-electron chi connectivity index (χ0n) is 12.4. The first-order valence-electron chi connectivity index (χ1n) is 6.71. The summed E-state index contributed by atoms with van der Waals surface area (Å²) in [6.07, 6.45) is 2.22. The summed E-state index contributed by atoms with van der Waals surface area (Å²) < 4.78 is 29.1. The molecule has 1 heterocycles. The molecule has 0 aliphatic heterocycles. The molecule has 6 nitrogen and oxygen atoms in total. The van der Waals surface area contributed by atoms with Gasteiger partial charge in [-0.1, -0.05) is 13.8 Å². The molecule has 0 amide bonds. The number of nitrogens with two attached hydrogens (primary N) is 1. The Morgan fingerprint density at radius 3 is 2.57 bits per heavy atom. The molecule has 1 saturated carbocycles. The number of ether oxygens (including phenoxy) is 1. The van der Waals surface area contributed by atoms with Gasteiger partial charge in [0.2, 0.25) is 0 Å². The number of esters is 1. The van der Waals surface area contributed by atoms with E-state index in [-0.39, 0.29) is 26.6 Å². The van der Waals surface area contributed by atoms with Gasteiger partial charge < -0.3 is 15.8 Å². The van der Waals surface area contributed by atoms with Gasteiger partial charge in [-0.15, -0.1) is 11.3 Å². The van der Waals surface area contributed by atoms with Crippen LogP contribution in [0, 0.1) is 5.41 Å². The van der Waals surface area contributed by atoms with Gasteiger partial charge in [0.15, 0.2) is 9.84 Å². The average Bonchev–Trinajstić information content (AvgIpc) is 3.08. The topological polar surface area (TPSA) is 98.5 Å². The third-order valence-electron chi connectivity index (χ3n) is 3.74. The van der Waals surface area contributed by atoms with E-state index < -0.39 is 15.8 Å². The van der Waals surface area contributed by atoms with Crippen molar-refractivity contribution in [3.05, 3.63) is 4.88 Å². The van der Waals surface area contributed by atoms with Crippen LogP contribution in [0.15, 0.2) is 4.90 Å². The van der Waals surface area contributed by atoms with Gasteiger partial charge in [0.05, 0.1) is 18.6 Å². The van der Waals surface area contributed by atoms with E-state index >= 15 is 0 Å². The molecular formula is C13H20N2O4S2. The summed E-state index contributed by atoms with van der Waals surface area (Å²) >= 11 is 1.04. The van der Waals surface area contributed by atoms with E-state index in [1.165, 1.54) is 7.11 Å². The predicted molar refractivity (Wildman–Crippen MR) is 83.6 cm³/mol. The summed E-state index contributed by atoms with van der Waals surface area (Å²) in [5.74, 6) is -0.684. The molecule has 21 heavy (non-hydrogen) atoms. The molecule has 1 aliphatic carbocycles. The van der Waals surface area contributed by atoms with Gasteiger partial charge >= 0.3 is 5.97 Å². The second-order valence-corrected chi connectivity index (χ2v) is 8.80. The number of carbonyl (C=O) groups excluding carboxylic acids is 1. The molecule has 1 aromatic rings. The molecule has 0 unspecified atom stereocenters. The lowest BCUT2D eigenvalue weighted by Crippen LogP contribution is -2.14. The van der Waals surface area contributed by atoms with Crippen molar-refractivity contribution in [1.82, 2.24) is 0 Å². The Morgan fingerprint density at radius 1 is 1.48 bits per heavy atom. The van der Waals surface area contributed by atoms with Gasteiger partial charge in [0.25, 0.3) is 0 Å². The highest BCUT2D eigenvalue weighted by Gasteiger charge is 2.38. The van der Waals surface area contributed by atoms with Gasteiger partial charge in [-0.3, -0.25) is 0 Å². The number of hydrogen-bond acceptors (Lipinski definition) is 7. The Hall–Kier alpha value is -1.28. The average molecular weight is 332 g/mol. The third kappa shape index (κ3) is 3.16. The zero-order valence-corrected chi connectivity index (χ0v) is 14.0. The number of carbonyl (C=O) groups is 1. The molecule has 3 N–H and O–H groups in total. The molecule has 8 heteroatoms. The maximum atomic E-state index is 12.2. The van der Waals surface area contributed by atoms with Crippen LogP contribution in [0.25, 0.3) is 0 Å². The van der Waals surface area contributed by atoms with Crippen molar-refractivity contribution in [3.63, 3.8) is 0 Å². The molecule has 1 fully saturated rings. The standard InChI is InChI=1S/C13H20N2O4S2/c1-4-21(17,18)10-8(14)9(12(16)19-3)20-11(10)15-7-13(2)5-6-13/h15H,4-7,14H2,1-3H3. The van der Waals surface area contributed by atoms with Crippen molar-refractivity contribution in [2.24, 2.45) is 5.41 Å². The van der Waals surface area contributed by atoms with E-state index in [9.17, 15) is 13.2 Å². The van der Waals surface area contributed by atoms with E-state index in [1.807, 2.05) is 0 Å². The molecule has 0 saturated heterocycles. The summed E-state index contributed by atoms with van der Waals surface area (Å²) in [6.45, 7) is 4.35. The highest BCUT2D eigenvalue weighted by atomic mass is 32.2. The van der Waals surface area contributed by atoms with Crippen molar-refractivity contribution >= 4 is 37.8 Å². The van der Waals surface area contributed by atoms with Crippen LogP contribution in [0.1, 0.15) is 36.4 Å². The lowest BCUT2D eigenvalue weighted by atomic mass is 10.1. The van der Waals surface area contributed by atoms with E-state index in [1.54, 1.807) is 6.92 Å². The molecular weight excluding hydrogens is 312 g/mol. The van der Waals surface area contributed by atoms with E-state index in [2.05, 4.69) is 17.0 Å². The zero-order chi connectivity index (χ0) is 15.8. The second-order valence-electron chi connectivity index (χ2n) is 5.56. The lowest BCUT2D eigenvalue weighted by Gasteiger charge is -2.11. The Kier molecular flexibility index (Phi) is 4.21. The minimum absolute atomic E-state index is 0.0165. The van der Waals surface area contributed by atoms with Crippen molar-refractivity contribution in [2.45, 2.75) is 31.6 Å². The lowest BCUT2D eigenvalue weighted by molar-refractivity contribution is 0.0607. The number of methoxy groups -OCH3 is 1. The molecule has 2 rings (SSSR count). The Bertz CT molecular complexity index is 660. The van der Waals surface area contributed by atoms with Gasteiger partial charge in [-0.25, -0.2) is 13.2 Å².